The number of methoxy groups -OCH3 is 1. The Morgan fingerprint density at radius 3 is 2.75 bits per heavy atom. The topological polar surface area (TPSA) is 59.6 Å². The van der Waals surface area contributed by atoms with E-state index < -0.39 is 0 Å². The maximum Gasteiger partial charge on any atom is 0.225 e. The molecule has 0 amide bonds. The smallest absolute Gasteiger partial charge is 0.225 e. The van der Waals surface area contributed by atoms with E-state index in [4.69, 9.17) is 9.94 Å². The Morgan fingerprint density at radius 1 is 1.40 bits per heavy atom. The molecule has 104 valence electrons. The molecule has 0 unspecified atom stereocenters. The Morgan fingerprint density at radius 2 is 2.15 bits per heavy atom. The van der Waals surface area contributed by atoms with Gasteiger partial charge in [-0.25, -0.2) is 4.68 Å². The molecule has 1 aromatic heterocycles. The number of ether oxygens (including phenoxy) is 1. The average Bonchev–Trinajstić information content (AvgIpc) is 2.84. The van der Waals surface area contributed by atoms with Crippen molar-refractivity contribution >= 4 is 6.21 Å². The van der Waals surface area contributed by atoms with E-state index in [1.807, 2.05) is 36.4 Å². The van der Waals surface area contributed by atoms with Crippen molar-refractivity contribution in [2.45, 2.75) is 12.8 Å². The molecule has 0 aliphatic rings. The maximum absolute atomic E-state index is 8.83. The van der Waals surface area contributed by atoms with Crippen LogP contribution in [0.15, 0.2) is 48.1 Å². The fraction of sp³-hybridized carbons (Fsp3) is 0.200. The van der Waals surface area contributed by atoms with Gasteiger partial charge in [-0.05, 0) is 25.0 Å². The minimum atomic E-state index is 0.549. The lowest BCUT2D eigenvalue weighted by molar-refractivity contribution is 0.321. The van der Waals surface area contributed by atoms with Gasteiger partial charge < -0.3 is 9.94 Å². The molecule has 5 nitrogen and oxygen atoms in total. The summed E-state index contributed by atoms with van der Waals surface area (Å²) in [5.74, 6) is 0.549. The van der Waals surface area contributed by atoms with Crippen LogP contribution in [0.5, 0.6) is 5.88 Å². The molecular formula is C15H17N3O2. The zero-order valence-electron chi connectivity index (χ0n) is 11.4. The SMILES string of the molecule is C=CCCc1nn(-c2ccccc2)c(OC)c1/C=N/O. The Hall–Kier alpha value is -2.56. The van der Waals surface area contributed by atoms with Crippen molar-refractivity contribution < 1.29 is 9.94 Å². The number of aryl methyl sites for hydroxylation is 1. The highest BCUT2D eigenvalue weighted by Gasteiger charge is 2.18. The zero-order chi connectivity index (χ0) is 14.4. The lowest BCUT2D eigenvalue weighted by atomic mass is 10.1. The summed E-state index contributed by atoms with van der Waals surface area (Å²) in [6.07, 6.45) is 4.68. The first-order valence-corrected chi connectivity index (χ1v) is 6.31. The summed E-state index contributed by atoms with van der Waals surface area (Å²) in [7, 11) is 1.57. The quantitative estimate of drug-likeness (QED) is 0.380. The molecule has 2 rings (SSSR count). The van der Waals surface area contributed by atoms with E-state index in [0.29, 0.717) is 17.9 Å². The zero-order valence-corrected chi connectivity index (χ0v) is 11.4. The molecule has 0 spiro atoms. The molecule has 0 saturated carbocycles. The van der Waals surface area contributed by atoms with Crippen molar-refractivity contribution in [2.75, 3.05) is 7.11 Å². The van der Waals surface area contributed by atoms with Crippen LogP contribution in [0.25, 0.3) is 5.69 Å². The fourth-order valence-electron chi connectivity index (χ4n) is 2.01. The van der Waals surface area contributed by atoms with Crippen LogP contribution >= 0.6 is 0 Å². The summed E-state index contributed by atoms with van der Waals surface area (Å²) in [5, 5.41) is 16.5. The van der Waals surface area contributed by atoms with Crippen molar-refractivity contribution in [1.82, 2.24) is 9.78 Å². The highest BCUT2D eigenvalue weighted by atomic mass is 16.5. The van der Waals surface area contributed by atoms with Crippen LogP contribution in [-0.4, -0.2) is 28.3 Å². The van der Waals surface area contributed by atoms with Crippen LogP contribution in [-0.2, 0) is 6.42 Å². The van der Waals surface area contributed by atoms with Crippen LogP contribution in [0.4, 0.5) is 0 Å². The van der Waals surface area contributed by atoms with E-state index in [-0.39, 0.29) is 0 Å². The highest BCUT2D eigenvalue weighted by molar-refractivity contribution is 5.84. The Kier molecular flexibility index (Phi) is 4.55. The third-order valence-electron chi connectivity index (χ3n) is 2.92. The maximum atomic E-state index is 8.83. The van der Waals surface area contributed by atoms with Gasteiger partial charge in [-0.3, -0.25) is 0 Å². The predicted molar refractivity (Wildman–Crippen MR) is 78.0 cm³/mol. The monoisotopic (exact) mass is 271 g/mol. The first-order valence-electron chi connectivity index (χ1n) is 6.31. The van der Waals surface area contributed by atoms with E-state index in [9.17, 15) is 0 Å². The van der Waals surface area contributed by atoms with Crippen LogP contribution in [0.3, 0.4) is 0 Å². The molecular weight excluding hydrogens is 254 g/mol. The van der Waals surface area contributed by atoms with Gasteiger partial charge >= 0.3 is 0 Å². The van der Waals surface area contributed by atoms with Gasteiger partial charge in [0.2, 0.25) is 5.88 Å². The van der Waals surface area contributed by atoms with Gasteiger partial charge in [0.1, 0.15) is 0 Å². The molecule has 0 fully saturated rings. The molecule has 1 heterocycles. The van der Waals surface area contributed by atoms with Crippen molar-refractivity contribution in [3.05, 3.63) is 54.2 Å². The summed E-state index contributed by atoms with van der Waals surface area (Å²) in [4.78, 5) is 0. The average molecular weight is 271 g/mol. The number of rotatable bonds is 6. The number of aromatic nitrogens is 2. The van der Waals surface area contributed by atoms with Gasteiger partial charge in [0, 0.05) is 0 Å². The molecule has 5 heteroatoms. The number of para-hydroxylation sites is 1. The van der Waals surface area contributed by atoms with Crippen molar-refractivity contribution in [2.24, 2.45) is 5.16 Å². The second kappa shape index (κ2) is 6.56. The minimum absolute atomic E-state index is 0.549. The lowest BCUT2D eigenvalue weighted by Gasteiger charge is -2.05. The van der Waals surface area contributed by atoms with Gasteiger partial charge in [0.15, 0.2) is 0 Å². The fourth-order valence-corrected chi connectivity index (χ4v) is 2.01. The molecule has 0 aliphatic carbocycles. The van der Waals surface area contributed by atoms with Gasteiger partial charge in [0.25, 0.3) is 0 Å². The minimum Gasteiger partial charge on any atom is -0.480 e. The second-order valence-electron chi connectivity index (χ2n) is 4.19. The van der Waals surface area contributed by atoms with Crippen molar-refractivity contribution in [3.8, 4) is 11.6 Å². The number of allylic oxidation sites excluding steroid dienone is 1. The number of benzene rings is 1. The first kappa shape index (κ1) is 13.9. The van der Waals surface area contributed by atoms with Crippen LogP contribution in [0, 0.1) is 0 Å². The summed E-state index contributed by atoms with van der Waals surface area (Å²) >= 11 is 0. The molecule has 1 N–H and O–H groups in total. The Bertz CT molecular complexity index is 603. The first-order chi connectivity index (χ1) is 9.81. The van der Waals surface area contributed by atoms with Gasteiger partial charge in [-0.15, -0.1) is 6.58 Å². The molecule has 0 atom stereocenters. The van der Waals surface area contributed by atoms with E-state index in [0.717, 1.165) is 17.8 Å². The molecule has 0 bridgehead atoms. The van der Waals surface area contributed by atoms with Crippen molar-refractivity contribution in [1.29, 1.82) is 0 Å². The molecule has 2 aromatic rings. The van der Waals surface area contributed by atoms with E-state index >= 15 is 0 Å². The van der Waals surface area contributed by atoms with Gasteiger partial charge in [0.05, 0.1) is 30.3 Å². The molecule has 1 aromatic carbocycles. The molecule has 20 heavy (non-hydrogen) atoms. The largest absolute Gasteiger partial charge is 0.480 e. The van der Waals surface area contributed by atoms with Crippen LogP contribution in [0.2, 0.25) is 0 Å². The summed E-state index contributed by atoms with van der Waals surface area (Å²) in [6, 6.07) is 9.67. The standard InChI is InChI=1S/C15H17N3O2/c1-3-4-10-14-13(11-16-19)15(20-2)18(17-14)12-8-6-5-7-9-12/h3,5-9,11,19H,1,4,10H2,2H3/b16-11+. The third-order valence-corrected chi connectivity index (χ3v) is 2.92. The van der Waals surface area contributed by atoms with Gasteiger partial charge in [-0.2, -0.15) is 5.10 Å². The lowest BCUT2D eigenvalue weighted by Crippen LogP contribution is -2.00. The highest BCUT2D eigenvalue weighted by Crippen LogP contribution is 2.25. The summed E-state index contributed by atoms with van der Waals surface area (Å²) < 4.78 is 7.12. The van der Waals surface area contributed by atoms with Crippen molar-refractivity contribution in [3.63, 3.8) is 0 Å². The summed E-state index contributed by atoms with van der Waals surface area (Å²) in [6.45, 7) is 3.71. The summed E-state index contributed by atoms with van der Waals surface area (Å²) in [5.41, 5.74) is 2.38. The third kappa shape index (κ3) is 2.71. The van der Waals surface area contributed by atoms with Crippen LogP contribution < -0.4 is 4.74 Å². The molecule has 0 saturated heterocycles. The Balaban J connectivity index is 2.54. The Labute approximate surface area is 117 Å². The normalized spacial score (nSPS) is 10.8. The number of oxime groups is 1. The molecule has 0 radical (unpaired) electrons. The van der Waals surface area contributed by atoms with E-state index in [1.54, 1.807) is 11.8 Å². The number of hydrogen-bond acceptors (Lipinski definition) is 4. The number of hydrogen-bond donors (Lipinski definition) is 1. The van der Waals surface area contributed by atoms with Gasteiger partial charge in [-0.1, -0.05) is 29.4 Å². The van der Waals surface area contributed by atoms with Crippen LogP contribution in [0.1, 0.15) is 17.7 Å². The van der Waals surface area contributed by atoms with E-state index in [1.165, 1.54) is 6.21 Å². The molecule has 0 aliphatic heterocycles. The predicted octanol–water partition coefficient (Wildman–Crippen LogP) is 2.81. The number of nitrogens with zero attached hydrogens (tertiary/aromatic N) is 3. The van der Waals surface area contributed by atoms with E-state index in [2.05, 4.69) is 16.8 Å². The second-order valence-corrected chi connectivity index (χ2v) is 4.19.